The van der Waals surface area contributed by atoms with Gasteiger partial charge in [-0.05, 0) is 36.6 Å². The highest BCUT2D eigenvalue weighted by atomic mass is 16.5. The minimum atomic E-state index is 0.731. The third kappa shape index (κ3) is 1.96. The highest BCUT2D eigenvalue weighted by molar-refractivity contribution is 5.77. The molecule has 2 aromatic carbocycles. The Balaban J connectivity index is 2.78. The summed E-state index contributed by atoms with van der Waals surface area (Å²) in [6, 6.07) is 14.2. The van der Waals surface area contributed by atoms with Gasteiger partial charge in [0.2, 0.25) is 0 Å². The van der Waals surface area contributed by atoms with Gasteiger partial charge in [-0.25, -0.2) is 0 Å². The van der Waals surface area contributed by atoms with E-state index in [9.17, 15) is 5.26 Å². The van der Waals surface area contributed by atoms with Crippen LogP contribution in [0.4, 0.5) is 0 Å². The van der Waals surface area contributed by atoms with E-state index >= 15 is 0 Å². The lowest BCUT2D eigenvalue weighted by Gasteiger charge is -2.15. The van der Waals surface area contributed by atoms with Gasteiger partial charge in [0, 0.05) is 5.56 Å². The Morgan fingerprint density at radius 2 is 1.78 bits per heavy atom. The summed E-state index contributed by atoms with van der Waals surface area (Å²) in [5, 5.41) is 9.24. The van der Waals surface area contributed by atoms with Crippen LogP contribution in [0.2, 0.25) is 0 Å². The molecule has 0 saturated heterocycles. The van der Waals surface area contributed by atoms with E-state index in [1.54, 1.807) is 7.11 Å². The number of nitriles is 1. The number of benzene rings is 2. The van der Waals surface area contributed by atoms with Crippen molar-refractivity contribution in [3.8, 4) is 22.9 Å². The Labute approximate surface area is 107 Å². The molecule has 0 heterocycles. The Kier molecular flexibility index (Phi) is 3.34. The Morgan fingerprint density at radius 3 is 2.33 bits per heavy atom. The number of nitrogens with zero attached hydrogens (tertiary/aromatic N) is 1. The molecule has 90 valence electrons. The highest BCUT2D eigenvalue weighted by Crippen LogP contribution is 2.36. The Hall–Kier alpha value is -2.27. The van der Waals surface area contributed by atoms with Crippen LogP contribution in [0.5, 0.6) is 5.75 Å². The molecule has 0 aliphatic heterocycles. The molecule has 0 aliphatic carbocycles. The molecule has 0 spiro atoms. The van der Waals surface area contributed by atoms with Crippen LogP contribution in [0.15, 0.2) is 36.4 Å². The normalized spacial score (nSPS) is 9.89. The van der Waals surface area contributed by atoms with Crippen molar-refractivity contribution in [1.82, 2.24) is 0 Å². The first kappa shape index (κ1) is 12.2. The molecule has 0 radical (unpaired) electrons. The lowest BCUT2D eigenvalue weighted by molar-refractivity contribution is 0.416. The van der Waals surface area contributed by atoms with Gasteiger partial charge in [-0.1, -0.05) is 30.3 Å². The van der Waals surface area contributed by atoms with Crippen molar-refractivity contribution in [1.29, 1.82) is 5.26 Å². The lowest BCUT2D eigenvalue weighted by atomic mass is 9.93. The van der Waals surface area contributed by atoms with Crippen LogP contribution in [0.3, 0.4) is 0 Å². The minimum absolute atomic E-state index is 0.731. The standard InChI is InChI=1S/C16H15NO/c1-11-9-15(18-3)16(12(2)14(11)10-17)13-7-5-4-6-8-13/h4-9H,1-3H3. The first-order valence-corrected chi connectivity index (χ1v) is 5.82. The average molecular weight is 237 g/mol. The topological polar surface area (TPSA) is 33.0 Å². The molecule has 0 unspecified atom stereocenters. The summed E-state index contributed by atoms with van der Waals surface area (Å²) in [7, 11) is 1.66. The molecule has 2 aromatic rings. The number of hydrogen-bond acceptors (Lipinski definition) is 2. The fourth-order valence-electron chi connectivity index (χ4n) is 2.24. The van der Waals surface area contributed by atoms with E-state index in [4.69, 9.17) is 4.74 Å². The lowest BCUT2D eigenvalue weighted by Crippen LogP contribution is -1.97. The van der Waals surface area contributed by atoms with E-state index in [0.717, 1.165) is 33.6 Å². The summed E-state index contributed by atoms with van der Waals surface area (Å²) in [5.41, 5.74) is 4.73. The van der Waals surface area contributed by atoms with Crippen LogP contribution >= 0.6 is 0 Å². The van der Waals surface area contributed by atoms with Gasteiger partial charge in [0.05, 0.1) is 18.7 Å². The summed E-state index contributed by atoms with van der Waals surface area (Å²) < 4.78 is 5.45. The summed E-state index contributed by atoms with van der Waals surface area (Å²) >= 11 is 0. The first-order valence-electron chi connectivity index (χ1n) is 5.82. The zero-order valence-electron chi connectivity index (χ0n) is 10.8. The van der Waals surface area contributed by atoms with Crippen molar-refractivity contribution in [2.75, 3.05) is 7.11 Å². The summed E-state index contributed by atoms with van der Waals surface area (Å²) in [4.78, 5) is 0. The SMILES string of the molecule is COc1cc(C)c(C#N)c(C)c1-c1ccccc1. The molecule has 2 heteroatoms. The van der Waals surface area contributed by atoms with Crippen molar-refractivity contribution in [3.63, 3.8) is 0 Å². The van der Waals surface area contributed by atoms with Crippen molar-refractivity contribution in [2.45, 2.75) is 13.8 Å². The fraction of sp³-hybridized carbons (Fsp3) is 0.188. The van der Waals surface area contributed by atoms with E-state index < -0.39 is 0 Å². The van der Waals surface area contributed by atoms with Gasteiger partial charge in [0.15, 0.2) is 0 Å². The molecule has 0 aliphatic rings. The number of methoxy groups -OCH3 is 1. The van der Waals surface area contributed by atoms with Crippen LogP contribution in [-0.2, 0) is 0 Å². The van der Waals surface area contributed by atoms with Gasteiger partial charge in [0.1, 0.15) is 5.75 Å². The molecule has 0 atom stereocenters. The molecule has 0 amide bonds. The second-order valence-corrected chi connectivity index (χ2v) is 4.25. The fourth-order valence-corrected chi connectivity index (χ4v) is 2.24. The molecular weight excluding hydrogens is 222 g/mol. The molecule has 2 nitrogen and oxygen atoms in total. The van der Waals surface area contributed by atoms with Crippen molar-refractivity contribution < 1.29 is 4.74 Å². The van der Waals surface area contributed by atoms with Crippen LogP contribution in [0.25, 0.3) is 11.1 Å². The van der Waals surface area contributed by atoms with Crippen LogP contribution in [-0.4, -0.2) is 7.11 Å². The van der Waals surface area contributed by atoms with Gasteiger partial charge in [-0.3, -0.25) is 0 Å². The quantitative estimate of drug-likeness (QED) is 0.794. The Bertz CT molecular complexity index is 609. The minimum Gasteiger partial charge on any atom is -0.496 e. The maximum Gasteiger partial charge on any atom is 0.127 e. The van der Waals surface area contributed by atoms with Crippen LogP contribution < -0.4 is 4.74 Å². The molecule has 18 heavy (non-hydrogen) atoms. The number of ether oxygens (including phenoxy) is 1. The maximum atomic E-state index is 9.24. The van der Waals surface area contributed by atoms with E-state index in [2.05, 4.69) is 6.07 Å². The third-order valence-electron chi connectivity index (χ3n) is 3.13. The van der Waals surface area contributed by atoms with E-state index in [0.29, 0.717) is 0 Å². The predicted molar refractivity (Wildman–Crippen MR) is 72.6 cm³/mol. The highest BCUT2D eigenvalue weighted by Gasteiger charge is 2.14. The summed E-state index contributed by atoms with van der Waals surface area (Å²) in [6.07, 6.45) is 0. The van der Waals surface area contributed by atoms with Gasteiger partial charge in [-0.2, -0.15) is 5.26 Å². The average Bonchev–Trinajstić information content (AvgIpc) is 2.39. The monoisotopic (exact) mass is 237 g/mol. The summed E-state index contributed by atoms with van der Waals surface area (Å²) in [6.45, 7) is 3.90. The van der Waals surface area contributed by atoms with Gasteiger partial charge < -0.3 is 4.74 Å². The van der Waals surface area contributed by atoms with E-state index in [1.165, 1.54) is 0 Å². The molecule has 2 rings (SSSR count). The number of hydrogen-bond donors (Lipinski definition) is 0. The van der Waals surface area contributed by atoms with Gasteiger partial charge >= 0.3 is 0 Å². The van der Waals surface area contributed by atoms with Crippen molar-refractivity contribution in [3.05, 3.63) is 53.1 Å². The maximum absolute atomic E-state index is 9.24. The van der Waals surface area contributed by atoms with Crippen molar-refractivity contribution >= 4 is 0 Å². The van der Waals surface area contributed by atoms with E-state index in [-0.39, 0.29) is 0 Å². The zero-order valence-corrected chi connectivity index (χ0v) is 10.8. The molecule has 0 bridgehead atoms. The molecular formula is C16H15NO. The zero-order chi connectivity index (χ0) is 13.1. The predicted octanol–water partition coefficient (Wildman–Crippen LogP) is 3.85. The number of rotatable bonds is 2. The molecule has 0 saturated carbocycles. The second kappa shape index (κ2) is 4.93. The molecule has 0 N–H and O–H groups in total. The van der Waals surface area contributed by atoms with E-state index in [1.807, 2.05) is 50.2 Å². The second-order valence-electron chi connectivity index (χ2n) is 4.25. The van der Waals surface area contributed by atoms with Crippen LogP contribution in [0.1, 0.15) is 16.7 Å². The van der Waals surface area contributed by atoms with Gasteiger partial charge in [-0.15, -0.1) is 0 Å². The molecule has 0 aromatic heterocycles. The largest absolute Gasteiger partial charge is 0.496 e. The van der Waals surface area contributed by atoms with Crippen LogP contribution in [0, 0.1) is 25.2 Å². The Morgan fingerprint density at radius 1 is 1.11 bits per heavy atom. The number of aryl methyl sites for hydroxylation is 1. The first-order chi connectivity index (χ1) is 8.69. The molecule has 0 fully saturated rings. The van der Waals surface area contributed by atoms with Gasteiger partial charge in [0.25, 0.3) is 0 Å². The third-order valence-corrected chi connectivity index (χ3v) is 3.13. The smallest absolute Gasteiger partial charge is 0.127 e. The summed E-state index contributed by atoms with van der Waals surface area (Å²) in [5.74, 6) is 0.815. The van der Waals surface area contributed by atoms with Crippen molar-refractivity contribution in [2.24, 2.45) is 0 Å².